The molecule has 0 aliphatic carbocycles. The molecule has 0 atom stereocenters. The van der Waals surface area contributed by atoms with Crippen LogP contribution in [0.4, 0.5) is 9.52 Å². The Hall–Kier alpha value is -2.99. The van der Waals surface area contributed by atoms with E-state index in [1.807, 2.05) is 24.3 Å². The molecular formula is C20H15FN2O2S. The lowest BCUT2D eigenvalue weighted by Gasteiger charge is -2.18. The molecule has 0 bridgehead atoms. The second-order valence-corrected chi connectivity index (χ2v) is 6.78. The van der Waals surface area contributed by atoms with Gasteiger partial charge in [-0.2, -0.15) is 0 Å². The number of fused-ring (bicyclic) bond motifs is 1. The van der Waals surface area contributed by atoms with Crippen LogP contribution in [0.2, 0.25) is 0 Å². The Morgan fingerprint density at radius 3 is 2.62 bits per heavy atom. The molecule has 0 spiro atoms. The molecule has 130 valence electrons. The number of rotatable bonds is 5. The third-order valence-corrected chi connectivity index (χ3v) is 5.09. The molecule has 0 aliphatic rings. The fourth-order valence-corrected chi connectivity index (χ4v) is 3.67. The summed E-state index contributed by atoms with van der Waals surface area (Å²) in [6.45, 7) is 0.422. The second kappa shape index (κ2) is 7.09. The fourth-order valence-electron chi connectivity index (χ4n) is 2.68. The van der Waals surface area contributed by atoms with Crippen molar-refractivity contribution in [2.75, 3.05) is 11.4 Å². The molecule has 26 heavy (non-hydrogen) atoms. The van der Waals surface area contributed by atoms with Crippen LogP contribution in [-0.2, 0) is 6.42 Å². The van der Waals surface area contributed by atoms with Gasteiger partial charge in [0.25, 0.3) is 5.91 Å². The number of para-hydroxylation sites is 1. The lowest BCUT2D eigenvalue weighted by Crippen LogP contribution is -2.32. The zero-order chi connectivity index (χ0) is 17.9. The van der Waals surface area contributed by atoms with Gasteiger partial charge in [-0.25, -0.2) is 9.37 Å². The molecule has 6 heteroatoms. The minimum absolute atomic E-state index is 0.240. The predicted molar refractivity (Wildman–Crippen MR) is 100 cm³/mol. The molecule has 0 saturated heterocycles. The number of amides is 1. The van der Waals surface area contributed by atoms with E-state index >= 15 is 0 Å². The van der Waals surface area contributed by atoms with Crippen molar-refractivity contribution in [1.82, 2.24) is 4.98 Å². The average Bonchev–Trinajstić information content (AvgIpc) is 3.33. The van der Waals surface area contributed by atoms with Crippen molar-refractivity contribution in [2.45, 2.75) is 6.42 Å². The Labute approximate surface area is 153 Å². The number of thiazole rings is 1. The molecule has 2 heterocycles. The van der Waals surface area contributed by atoms with Crippen LogP contribution in [0.1, 0.15) is 16.1 Å². The van der Waals surface area contributed by atoms with Crippen molar-refractivity contribution >= 4 is 32.6 Å². The quantitative estimate of drug-likeness (QED) is 0.504. The van der Waals surface area contributed by atoms with E-state index in [0.717, 1.165) is 15.8 Å². The van der Waals surface area contributed by atoms with Crippen LogP contribution < -0.4 is 4.90 Å². The molecule has 0 fully saturated rings. The number of halogens is 1. The highest BCUT2D eigenvalue weighted by molar-refractivity contribution is 7.22. The Balaban J connectivity index is 1.64. The van der Waals surface area contributed by atoms with Gasteiger partial charge in [0.1, 0.15) is 5.82 Å². The van der Waals surface area contributed by atoms with Gasteiger partial charge in [0.15, 0.2) is 10.9 Å². The number of aromatic nitrogens is 1. The SMILES string of the molecule is O=C(c1ccco1)N(CCc1ccc(F)cc1)c1nc2ccccc2s1. The molecular weight excluding hydrogens is 351 g/mol. The summed E-state index contributed by atoms with van der Waals surface area (Å²) in [5.74, 6) is -0.247. The summed E-state index contributed by atoms with van der Waals surface area (Å²) in [6, 6.07) is 17.4. The van der Waals surface area contributed by atoms with Gasteiger partial charge in [0.05, 0.1) is 16.5 Å². The second-order valence-electron chi connectivity index (χ2n) is 5.77. The molecule has 0 radical (unpaired) electrons. The van der Waals surface area contributed by atoms with Crippen LogP contribution in [0.3, 0.4) is 0 Å². The molecule has 1 amide bonds. The van der Waals surface area contributed by atoms with Gasteiger partial charge in [-0.3, -0.25) is 9.69 Å². The maximum absolute atomic E-state index is 13.1. The van der Waals surface area contributed by atoms with E-state index in [9.17, 15) is 9.18 Å². The first-order chi connectivity index (χ1) is 12.7. The molecule has 0 aliphatic heterocycles. The molecule has 0 saturated carbocycles. The van der Waals surface area contributed by atoms with E-state index in [-0.39, 0.29) is 17.5 Å². The lowest BCUT2D eigenvalue weighted by atomic mass is 10.1. The van der Waals surface area contributed by atoms with Crippen LogP contribution >= 0.6 is 11.3 Å². The summed E-state index contributed by atoms with van der Waals surface area (Å²) in [5, 5.41) is 0.620. The highest BCUT2D eigenvalue weighted by Crippen LogP contribution is 2.29. The van der Waals surface area contributed by atoms with Crippen LogP contribution in [0, 0.1) is 5.82 Å². The van der Waals surface area contributed by atoms with E-state index in [2.05, 4.69) is 4.98 Å². The highest BCUT2D eigenvalue weighted by atomic mass is 32.1. The maximum atomic E-state index is 13.1. The van der Waals surface area contributed by atoms with E-state index in [1.165, 1.54) is 29.7 Å². The van der Waals surface area contributed by atoms with Gasteiger partial charge >= 0.3 is 0 Å². The summed E-state index contributed by atoms with van der Waals surface area (Å²) < 4.78 is 19.4. The number of nitrogens with zero attached hydrogens (tertiary/aromatic N) is 2. The fraction of sp³-hybridized carbons (Fsp3) is 0.100. The molecule has 4 aromatic rings. The Morgan fingerprint density at radius 2 is 1.88 bits per heavy atom. The minimum Gasteiger partial charge on any atom is -0.459 e. The standard InChI is InChI=1S/C20H15FN2O2S/c21-15-9-7-14(8-10-15)11-12-23(19(24)17-5-3-13-25-17)20-22-16-4-1-2-6-18(16)26-20/h1-10,13H,11-12H2. The molecule has 0 N–H and O–H groups in total. The molecule has 0 unspecified atom stereocenters. The van der Waals surface area contributed by atoms with Crippen molar-refractivity contribution in [3.63, 3.8) is 0 Å². The first-order valence-electron chi connectivity index (χ1n) is 8.16. The van der Waals surface area contributed by atoms with Crippen molar-refractivity contribution < 1.29 is 13.6 Å². The molecule has 2 aromatic heterocycles. The van der Waals surface area contributed by atoms with Crippen LogP contribution in [-0.4, -0.2) is 17.4 Å². The van der Waals surface area contributed by atoms with Gasteiger partial charge in [-0.15, -0.1) is 0 Å². The topological polar surface area (TPSA) is 46.3 Å². The van der Waals surface area contributed by atoms with Crippen LogP contribution in [0.5, 0.6) is 0 Å². The van der Waals surface area contributed by atoms with Gasteiger partial charge < -0.3 is 4.42 Å². The normalized spacial score (nSPS) is 11.0. The number of carbonyl (C=O) groups excluding carboxylic acids is 1. The number of anilines is 1. The van der Waals surface area contributed by atoms with E-state index in [4.69, 9.17) is 4.42 Å². The number of benzene rings is 2. The Morgan fingerprint density at radius 1 is 1.08 bits per heavy atom. The highest BCUT2D eigenvalue weighted by Gasteiger charge is 2.23. The number of carbonyl (C=O) groups is 1. The third kappa shape index (κ3) is 3.36. The average molecular weight is 366 g/mol. The summed E-state index contributed by atoms with van der Waals surface area (Å²) in [7, 11) is 0. The van der Waals surface area contributed by atoms with Crippen LogP contribution in [0.25, 0.3) is 10.2 Å². The van der Waals surface area contributed by atoms with E-state index in [1.54, 1.807) is 29.2 Å². The summed E-state index contributed by atoms with van der Waals surface area (Å²) in [4.78, 5) is 19.1. The van der Waals surface area contributed by atoms with Crippen LogP contribution in [0.15, 0.2) is 71.3 Å². The lowest BCUT2D eigenvalue weighted by molar-refractivity contribution is 0.0960. The number of furan rings is 1. The van der Waals surface area contributed by atoms with Crippen molar-refractivity contribution in [2.24, 2.45) is 0 Å². The number of hydrogen-bond acceptors (Lipinski definition) is 4. The Bertz CT molecular complexity index is 993. The minimum atomic E-state index is -0.275. The third-order valence-electron chi connectivity index (χ3n) is 4.03. The first-order valence-corrected chi connectivity index (χ1v) is 8.98. The van der Waals surface area contributed by atoms with E-state index < -0.39 is 0 Å². The monoisotopic (exact) mass is 366 g/mol. The van der Waals surface area contributed by atoms with Gasteiger partial charge in [-0.05, 0) is 48.4 Å². The maximum Gasteiger partial charge on any atom is 0.295 e. The summed E-state index contributed by atoms with van der Waals surface area (Å²) in [5.41, 5.74) is 1.80. The zero-order valence-electron chi connectivity index (χ0n) is 13.8. The molecule has 4 nitrogen and oxygen atoms in total. The molecule has 4 rings (SSSR count). The van der Waals surface area contributed by atoms with Crippen molar-refractivity contribution in [3.05, 3.63) is 84.1 Å². The van der Waals surface area contributed by atoms with Gasteiger partial charge in [0.2, 0.25) is 0 Å². The first kappa shape index (κ1) is 16.5. The number of hydrogen-bond donors (Lipinski definition) is 0. The van der Waals surface area contributed by atoms with Crippen molar-refractivity contribution in [3.8, 4) is 0 Å². The Kier molecular flexibility index (Phi) is 4.50. The van der Waals surface area contributed by atoms with Crippen molar-refractivity contribution in [1.29, 1.82) is 0 Å². The summed E-state index contributed by atoms with van der Waals surface area (Å²) in [6.07, 6.45) is 2.06. The smallest absolute Gasteiger partial charge is 0.295 e. The zero-order valence-corrected chi connectivity index (χ0v) is 14.6. The summed E-state index contributed by atoms with van der Waals surface area (Å²) >= 11 is 1.46. The van der Waals surface area contributed by atoms with E-state index in [0.29, 0.717) is 18.1 Å². The largest absolute Gasteiger partial charge is 0.459 e. The predicted octanol–water partition coefficient (Wildman–Crippen LogP) is 4.92. The van der Waals surface area contributed by atoms with Gasteiger partial charge in [0, 0.05) is 6.54 Å². The van der Waals surface area contributed by atoms with Gasteiger partial charge in [-0.1, -0.05) is 35.6 Å². The molecule has 2 aromatic carbocycles.